The quantitative estimate of drug-likeness (QED) is 0.375. The van der Waals surface area contributed by atoms with Crippen molar-refractivity contribution in [3.63, 3.8) is 0 Å². The zero-order valence-electron chi connectivity index (χ0n) is 15.6. The van der Waals surface area contributed by atoms with E-state index in [1.54, 1.807) is 24.6 Å². The van der Waals surface area contributed by atoms with Gasteiger partial charge in [-0.25, -0.2) is 15.0 Å². The number of hydrogen-bond acceptors (Lipinski definition) is 6. The molecule has 0 saturated carbocycles. The summed E-state index contributed by atoms with van der Waals surface area (Å²) in [7, 11) is 1.65. The van der Waals surface area contributed by atoms with Crippen LogP contribution in [0.1, 0.15) is 23.2 Å². The second kappa shape index (κ2) is 11.4. The molecular formula is C18H27N5O2S. The van der Waals surface area contributed by atoms with Gasteiger partial charge in [0, 0.05) is 43.8 Å². The summed E-state index contributed by atoms with van der Waals surface area (Å²) in [6, 6.07) is 3.86. The summed E-state index contributed by atoms with van der Waals surface area (Å²) in [5.74, 6) is 1.37. The number of ether oxygens (including phenoxy) is 2. The fraction of sp³-hybridized carbons (Fsp3) is 0.500. The number of thiazole rings is 1. The van der Waals surface area contributed by atoms with Gasteiger partial charge in [-0.2, -0.15) is 0 Å². The fourth-order valence-corrected chi connectivity index (χ4v) is 2.88. The first kappa shape index (κ1) is 20.1. The molecule has 2 rings (SSSR count). The van der Waals surface area contributed by atoms with Crippen LogP contribution in [0.15, 0.2) is 28.7 Å². The monoisotopic (exact) mass is 377 g/mol. The maximum atomic E-state index is 5.66. The van der Waals surface area contributed by atoms with Crippen molar-refractivity contribution in [2.75, 3.05) is 33.4 Å². The Labute approximate surface area is 158 Å². The van der Waals surface area contributed by atoms with Crippen molar-refractivity contribution < 1.29 is 9.47 Å². The standard InChI is InChI=1S/C18H27N5O2S/c1-4-19-18(21-9-7-16-13-26-14(2)23-16)22-12-15-6-5-8-20-17(15)25-11-10-24-3/h5-6,8,13H,4,7,9-12H2,1-3H3,(H2,19,21,22). The highest BCUT2D eigenvalue weighted by molar-refractivity contribution is 7.09. The highest BCUT2D eigenvalue weighted by Gasteiger charge is 2.05. The molecule has 142 valence electrons. The van der Waals surface area contributed by atoms with E-state index in [9.17, 15) is 0 Å². The Morgan fingerprint density at radius 3 is 2.92 bits per heavy atom. The van der Waals surface area contributed by atoms with Gasteiger partial charge in [0.15, 0.2) is 5.96 Å². The molecule has 0 spiro atoms. The lowest BCUT2D eigenvalue weighted by atomic mass is 10.3. The molecule has 0 unspecified atom stereocenters. The van der Waals surface area contributed by atoms with Crippen molar-refractivity contribution in [3.8, 4) is 5.88 Å². The summed E-state index contributed by atoms with van der Waals surface area (Å²) >= 11 is 1.68. The first-order chi connectivity index (χ1) is 12.7. The van der Waals surface area contributed by atoms with E-state index in [1.807, 2.05) is 26.0 Å². The Kier molecular flexibility index (Phi) is 8.85. The lowest BCUT2D eigenvalue weighted by molar-refractivity contribution is 0.143. The third kappa shape index (κ3) is 6.97. The number of hydrogen-bond donors (Lipinski definition) is 2. The Hall–Kier alpha value is -2.19. The molecule has 2 aromatic rings. The van der Waals surface area contributed by atoms with Crippen LogP contribution in [-0.2, 0) is 17.7 Å². The van der Waals surface area contributed by atoms with E-state index in [0.717, 1.165) is 41.7 Å². The molecule has 2 heterocycles. The number of pyridine rings is 1. The molecular weight excluding hydrogens is 350 g/mol. The average molecular weight is 378 g/mol. The van der Waals surface area contributed by atoms with Gasteiger partial charge in [-0.3, -0.25) is 0 Å². The van der Waals surface area contributed by atoms with Gasteiger partial charge >= 0.3 is 0 Å². The van der Waals surface area contributed by atoms with Crippen molar-refractivity contribution in [3.05, 3.63) is 40.0 Å². The van der Waals surface area contributed by atoms with Crippen molar-refractivity contribution in [2.45, 2.75) is 26.8 Å². The third-order valence-electron chi connectivity index (χ3n) is 3.47. The summed E-state index contributed by atoms with van der Waals surface area (Å²) in [6.07, 6.45) is 2.58. The SMILES string of the molecule is CCNC(=NCc1cccnc1OCCOC)NCCc1csc(C)n1. The molecule has 2 aromatic heterocycles. The number of aliphatic imine (C=N–C) groups is 1. The molecule has 0 fully saturated rings. The number of rotatable bonds is 10. The molecule has 8 heteroatoms. The molecule has 26 heavy (non-hydrogen) atoms. The van der Waals surface area contributed by atoms with Gasteiger partial charge in [-0.15, -0.1) is 11.3 Å². The largest absolute Gasteiger partial charge is 0.475 e. The summed E-state index contributed by atoms with van der Waals surface area (Å²) in [6.45, 7) is 7.12. The van der Waals surface area contributed by atoms with Crippen LogP contribution in [0.3, 0.4) is 0 Å². The molecule has 7 nitrogen and oxygen atoms in total. The predicted molar refractivity (Wildman–Crippen MR) is 105 cm³/mol. The normalized spacial score (nSPS) is 11.4. The smallest absolute Gasteiger partial charge is 0.218 e. The maximum Gasteiger partial charge on any atom is 0.218 e. The van der Waals surface area contributed by atoms with Crippen molar-refractivity contribution >= 4 is 17.3 Å². The number of guanidine groups is 1. The van der Waals surface area contributed by atoms with Gasteiger partial charge in [-0.1, -0.05) is 6.07 Å². The highest BCUT2D eigenvalue weighted by atomic mass is 32.1. The average Bonchev–Trinajstić information content (AvgIpc) is 3.06. The van der Waals surface area contributed by atoms with E-state index < -0.39 is 0 Å². The molecule has 0 radical (unpaired) electrons. The van der Waals surface area contributed by atoms with E-state index in [1.165, 1.54) is 0 Å². The van der Waals surface area contributed by atoms with Gasteiger partial charge in [0.25, 0.3) is 0 Å². The number of nitrogens with one attached hydrogen (secondary N) is 2. The number of aromatic nitrogens is 2. The highest BCUT2D eigenvalue weighted by Crippen LogP contribution is 2.15. The first-order valence-electron chi connectivity index (χ1n) is 8.71. The topological polar surface area (TPSA) is 80.7 Å². The number of methoxy groups -OCH3 is 1. The molecule has 0 bridgehead atoms. The fourth-order valence-electron chi connectivity index (χ4n) is 2.23. The van der Waals surface area contributed by atoms with Crippen LogP contribution in [0.25, 0.3) is 0 Å². The molecule has 2 N–H and O–H groups in total. The molecule has 0 aromatic carbocycles. The second-order valence-corrected chi connectivity index (χ2v) is 6.60. The molecule has 0 saturated heterocycles. The van der Waals surface area contributed by atoms with Gasteiger partial charge < -0.3 is 20.1 Å². The van der Waals surface area contributed by atoms with Gasteiger partial charge in [0.2, 0.25) is 5.88 Å². The lowest BCUT2D eigenvalue weighted by Gasteiger charge is -2.12. The van der Waals surface area contributed by atoms with E-state index >= 15 is 0 Å². The zero-order valence-corrected chi connectivity index (χ0v) is 16.4. The van der Waals surface area contributed by atoms with Crippen LogP contribution in [-0.4, -0.2) is 49.3 Å². The minimum atomic E-state index is 0.468. The molecule has 0 aliphatic rings. The number of aryl methyl sites for hydroxylation is 1. The Balaban J connectivity index is 1.91. The van der Waals surface area contributed by atoms with E-state index in [-0.39, 0.29) is 0 Å². The first-order valence-corrected chi connectivity index (χ1v) is 9.59. The van der Waals surface area contributed by atoms with Crippen LogP contribution in [0.2, 0.25) is 0 Å². The Bertz CT molecular complexity index is 690. The van der Waals surface area contributed by atoms with Gasteiger partial charge in [0.05, 0.1) is 23.9 Å². The van der Waals surface area contributed by atoms with E-state index in [2.05, 4.69) is 31.0 Å². The summed E-state index contributed by atoms with van der Waals surface area (Å²) in [4.78, 5) is 13.4. The van der Waals surface area contributed by atoms with Crippen molar-refractivity contribution in [1.29, 1.82) is 0 Å². The summed E-state index contributed by atoms with van der Waals surface area (Å²) in [5.41, 5.74) is 2.05. The van der Waals surface area contributed by atoms with Crippen LogP contribution in [0.4, 0.5) is 0 Å². The van der Waals surface area contributed by atoms with Crippen LogP contribution < -0.4 is 15.4 Å². The lowest BCUT2D eigenvalue weighted by Crippen LogP contribution is -2.38. The van der Waals surface area contributed by atoms with Crippen LogP contribution >= 0.6 is 11.3 Å². The molecule has 0 amide bonds. The number of nitrogens with zero attached hydrogens (tertiary/aromatic N) is 3. The third-order valence-corrected chi connectivity index (χ3v) is 4.29. The summed E-state index contributed by atoms with van der Waals surface area (Å²) < 4.78 is 10.7. The summed E-state index contributed by atoms with van der Waals surface area (Å²) in [5, 5.41) is 9.79. The Morgan fingerprint density at radius 2 is 2.19 bits per heavy atom. The van der Waals surface area contributed by atoms with Crippen LogP contribution in [0, 0.1) is 6.92 Å². The van der Waals surface area contributed by atoms with Gasteiger partial charge in [-0.05, 0) is 19.9 Å². The van der Waals surface area contributed by atoms with Crippen molar-refractivity contribution in [2.24, 2.45) is 4.99 Å². The predicted octanol–water partition coefficient (Wildman–Crippen LogP) is 2.17. The van der Waals surface area contributed by atoms with Crippen LogP contribution in [0.5, 0.6) is 5.88 Å². The molecule has 0 atom stereocenters. The Morgan fingerprint density at radius 1 is 1.31 bits per heavy atom. The van der Waals surface area contributed by atoms with E-state index in [0.29, 0.717) is 25.6 Å². The minimum absolute atomic E-state index is 0.468. The second-order valence-electron chi connectivity index (χ2n) is 5.54. The molecule has 0 aliphatic carbocycles. The zero-order chi connectivity index (χ0) is 18.6. The minimum Gasteiger partial charge on any atom is -0.475 e. The van der Waals surface area contributed by atoms with Crippen molar-refractivity contribution in [1.82, 2.24) is 20.6 Å². The van der Waals surface area contributed by atoms with Gasteiger partial charge in [0.1, 0.15) is 6.61 Å². The van der Waals surface area contributed by atoms with E-state index in [4.69, 9.17) is 9.47 Å². The molecule has 0 aliphatic heterocycles. The maximum absolute atomic E-state index is 5.66.